The summed E-state index contributed by atoms with van der Waals surface area (Å²) in [5.74, 6) is 1.46. The topological polar surface area (TPSA) is 59.2 Å². The van der Waals surface area contributed by atoms with E-state index >= 15 is 0 Å². The smallest absolute Gasteiger partial charge is 0.280 e. The van der Waals surface area contributed by atoms with Crippen LogP contribution in [0.4, 0.5) is 14.6 Å². The molecule has 1 unspecified atom stereocenters. The van der Waals surface area contributed by atoms with Gasteiger partial charge in [-0.05, 0) is 29.9 Å². The standard InChI is InChI=1S/C21H20F2N6/c1-13-7-9-28(20-15-5-3-2-4-14(15)6-8-24-20)11-16(13)18-10-17(19(22)23)27-21-25-12-26-29(18)21/h2-6,8,10,12-13,16,19H,7,9,11H2,1H3/t13-,16?/m1/s1. The van der Waals surface area contributed by atoms with E-state index in [9.17, 15) is 8.78 Å². The third kappa shape index (κ3) is 3.08. The van der Waals surface area contributed by atoms with E-state index in [1.807, 2.05) is 24.4 Å². The van der Waals surface area contributed by atoms with Crippen LogP contribution in [0.5, 0.6) is 0 Å². The summed E-state index contributed by atoms with van der Waals surface area (Å²) >= 11 is 0. The molecule has 29 heavy (non-hydrogen) atoms. The predicted octanol–water partition coefficient (Wildman–Crippen LogP) is 4.24. The van der Waals surface area contributed by atoms with E-state index in [0.29, 0.717) is 12.5 Å². The van der Waals surface area contributed by atoms with Gasteiger partial charge in [0.1, 0.15) is 17.8 Å². The minimum atomic E-state index is -2.65. The molecule has 0 spiro atoms. The lowest BCUT2D eigenvalue weighted by molar-refractivity contribution is 0.146. The second-order valence-electron chi connectivity index (χ2n) is 7.55. The lowest BCUT2D eigenvalue weighted by Gasteiger charge is -2.38. The Morgan fingerprint density at radius 2 is 2.00 bits per heavy atom. The monoisotopic (exact) mass is 394 g/mol. The van der Waals surface area contributed by atoms with Crippen LogP contribution < -0.4 is 4.90 Å². The Morgan fingerprint density at radius 3 is 2.86 bits per heavy atom. The van der Waals surface area contributed by atoms with Crippen molar-refractivity contribution >= 4 is 22.4 Å². The molecule has 1 fully saturated rings. The number of alkyl halides is 2. The molecule has 4 aromatic rings. The SMILES string of the molecule is C[C@@H]1CCN(c2nccc3ccccc23)CC1c1cc(C(F)F)nc2ncnn12. The van der Waals surface area contributed by atoms with Gasteiger partial charge in [0.05, 0.1) is 5.69 Å². The number of hydrogen-bond donors (Lipinski definition) is 0. The Hall–Kier alpha value is -3.16. The molecule has 3 aromatic heterocycles. The first-order chi connectivity index (χ1) is 14.1. The third-order valence-electron chi connectivity index (χ3n) is 5.81. The first-order valence-corrected chi connectivity index (χ1v) is 9.69. The Morgan fingerprint density at radius 1 is 1.14 bits per heavy atom. The van der Waals surface area contributed by atoms with Crippen molar-refractivity contribution in [3.05, 3.63) is 60.3 Å². The molecule has 0 radical (unpaired) electrons. The number of halogens is 2. The van der Waals surface area contributed by atoms with E-state index in [-0.39, 0.29) is 17.4 Å². The van der Waals surface area contributed by atoms with E-state index in [4.69, 9.17) is 0 Å². The molecule has 148 valence electrons. The number of nitrogens with zero attached hydrogens (tertiary/aromatic N) is 6. The van der Waals surface area contributed by atoms with E-state index in [0.717, 1.165) is 35.2 Å². The normalized spacial score (nSPS) is 20.1. The van der Waals surface area contributed by atoms with Gasteiger partial charge in [-0.25, -0.2) is 23.3 Å². The molecule has 0 aliphatic carbocycles. The van der Waals surface area contributed by atoms with Crippen LogP contribution in [-0.2, 0) is 0 Å². The Kier molecular flexibility index (Phi) is 4.34. The van der Waals surface area contributed by atoms with Crippen molar-refractivity contribution in [3.63, 3.8) is 0 Å². The van der Waals surface area contributed by atoms with E-state index < -0.39 is 6.43 Å². The largest absolute Gasteiger partial charge is 0.355 e. The number of benzene rings is 1. The maximum Gasteiger partial charge on any atom is 0.280 e. The summed E-state index contributed by atoms with van der Waals surface area (Å²) in [5.41, 5.74) is 0.466. The first kappa shape index (κ1) is 17.9. The van der Waals surface area contributed by atoms with Gasteiger partial charge in [0.15, 0.2) is 0 Å². The molecule has 1 aliphatic rings. The summed E-state index contributed by atoms with van der Waals surface area (Å²) in [6.07, 6.45) is 1.46. The molecular formula is C21H20F2N6. The molecule has 6 nitrogen and oxygen atoms in total. The number of anilines is 1. The van der Waals surface area contributed by atoms with Gasteiger partial charge in [-0.1, -0.05) is 31.2 Å². The molecule has 4 heterocycles. The summed E-state index contributed by atoms with van der Waals surface area (Å²) in [7, 11) is 0. The highest BCUT2D eigenvalue weighted by Crippen LogP contribution is 2.36. The zero-order valence-electron chi connectivity index (χ0n) is 15.9. The fourth-order valence-electron chi connectivity index (χ4n) is 4.23. The molecular weight excluding hydrogens is 374 g/mol. The summed E-state index contributed by atoms with van der Waals surface area (Å²) in [4.78, 5) is 14.9. The molecule has 0 amide bonds. The Labute approximate surface area is 166 Å². The van der Waals surface area contributed by atoms with Gasteiger partial charge in [0, 0.05) is 30.6 Å². The number of fused-ring (bicyclic) bond motifs is 2. The van der Waals surface area contributed by atoms with Crippen molar-refractivity contribution in [2.45, 2.75) is 25.7 Å². The Balaban J connectivity index is 1.58. The van der Waals surface area contributed by atoms with Crippen LogP contribution in [0.3, 0.4) is 0 Å². The number of aromatic nitrogens is 5. The summed E-state index contributed by atoms with van der Waals surface area (Å²) in [6.45, 7) is 3.69. The van der Waals surface area contributed by atoms with Crippen LogP contribution in [0.2, 0.25) is 0 Å². The Bertz CT molecular complexity index is 1170. The van der Waals surface area contributed by atoms with E-state index in [1.165, 1.54) is 12.4 Å². The van der Waals surface area contributed by atoms with Gasteiger partial charge in [0.25, 0.3) is 12.2 Å². The first-order valence-electron chi connectivity index (χ1n) is 9.69. The number of rotatable bonds is 3. The lowest BCUT2D eigenvalue weighted by atomic mass is 9.84. The van der Waals surface area contributed by atoms with Crippen LogP contribution >= 0.6 is 0 Å². The van der Waals surface area contributed by atoms with Gasteiger partial charge in [-0.15, -0.1) is 0 Å². The maximum absolute atomic E-state index is 13.4. The van der Waals surface area contributed by atoms with Crippen LogP contribution in [-0.4, -0.2) is 37.7 Å². The second kappa shape index (κ2) is 7.02. The average Bonchev–Trinajstić information content (AvgIpc) is 3.22. The minimum absolute atomic E-state index is 0.00854. The molecule has 8 heteroatoms. The van der Waals surface area contributed by atoms with Crippen LogP contribution in [0.1, 0.15) is 37.1 Å². The zero-order valence-corrected chi connectivity index (χ0v) is 15.9. The summed E-state index contributed by atoms with van der Waals surface area (Å²) in [6, 6.07) is 11.6. The average molecular weight is 394 g/mol. The van der Waals surface area contributed by atoms with Crippen LogP contribution in [0, 0.1) is 5.92 Å². The molecule has 0 N–H and O–H groups in total. The van der Waals surface area contributed by atoms with Crippen LogP contribution in [0.25, 0.3) is 16.6 Å². The molecule has 1 aromatic carbocycles. The molecule has 5 rings (SSSR count). The number of piperidine rings is 1. The predicted molar refractivity (Wildman–Crippen MR) is 106 cm³/mol. The highest BCUT2D eigenvalue weighted by molar-refractivity contribution is 5.92. The minimum Gasteiger partial charge on any atom is -0.355 e. The number of hydrogen-bond acceptors (Lipinski definition) is 5. The van der Waals surface area contributed by atoms with Crippen molar-refractivity contribution in [2.75, 3.05) is 18.0 Å². The van der Waals surface area contributed by atoms with Crippen molar-refractivity contribution in [3.8, 4) is 0 Å². The molecule has 2 atom stereocenters. The van der Waals surface area contributed by atoms with Gasteiger partial charge in [0.2, 0.25) is 0 Å². The van der Waals surface area contributed by atoms with Gasteiger partial charge in [-0.3, -0.25) is 0 Å². The quantitative estimate of drug-likeness (QED) is 0.520. The molecule has 0 bridgehead atoms. The van der Waals surface area contributed by atoms with Gasteiger partial charge >= 0.3 is 0 Å². The summed E-state index contributed by atoms with van der Waals surface area (Å²) in [5, 5.41) is 6.47. The highest BCUT2D eigenvalue weighted by atomic mass is 19.3. The van der Waals surface area contributed by atoms with Gasteiger partial charge < -0.3 is 4.90 Å². The van der Waals surface area contributed by atoms with Crippen molar-refractivity contribution in [1.29, 1.82) is 0 Å². The summed E-state index contributed by atoms with van der Waals surface area (Å²) < 4.78 is 28.4. The van der Waals surface area contributed by atoms with Crippen molar-refractivity contribution in [2.24, 2.45) is 5.92 Å². The van der Waals surface area contributed by atoms with Crippen molar-refractivity contribution < 1.29 is 8.78 Å². The van der Waals surface area contributed by atoms with Crippen molar-refractivity contribution in [1.82, 2.24) is 24.6 Å². The van der Waals surface area contributed by atoms with Crippen LogP contribution in [0.15, 0.2) is 48.9 Å². The molecule has 1 saturated heterocycles. The fraction of sp³-hybridized carbons (Fsp3) is 0.333. The third-order valence-corrected chi connectivity index (χ3v) is 5.81. The lowest BCUT2D eigenvalue weighted by Crippen LogP contribution is -2.39. The fourth-order valence-corrected chi connectivity index (χ4v) is 4.23. The second-order valence-corrected chi connectivity index (χ2v) is 7.55. The maximum atomic E-state index is 13.4. The van der Waals surface area contributed by atoms with E-state index in [1.54, 1.807) is 4.52 Å². The molecule has 0 saturated carbocycles. The highest BCUT2D eigenvalue weighted by Gasteiger charge is 2.32. The van der Waals surface area contributed by atoms with E-state index in [2.05, 4.69) is 44.0 Å². The van der Waals surface area contributed by atoms with Gasteiger partial charge in [-0.2, -0.15) is 10.1 Å². The molecule has 1 aliphatic heterocycles. The number of pyridine rings is 1. The zero-order chi connectivity index (χ0) is 20.0.